The van der Waals surface area contributed by atoms with Gasteiger partial charge in [-0.1, -0.05) is 26.8 Å². The van der Waals surface area contributed by atoms with Crippen molar-refractivity contribution in [2.24, 2.45) is 0 Å². The Balaban J connectivity index is 2.32. The first-order valence-corrected chi connectivity index (χ1v) is 13.1. The van der Waals surface area contributed by atoms with E-state index in [0.717, 1.165) is 44.3 Å². The van der Waals surface area contributed by atoms with Crippen LogP contribution in [0.1, 0.15) is 70.4 Å². The zero-order valence-corrected chi connectivity index (χ0v) is 18.4. The van der Waals surface area contributed by atoms with Gasteiger partial charge >= 0.3 is 0 Å². The Hall–Kier alpha value is -0.843. The second-order valence-electron chi connectivity index (χ2n) is 9.47. The van der Waals surface area contributed by atoms with Gasteiger partial charge in [0, 0.05) is 13.2 Å². The Morgan fingerprint density at radius 2 is 1.69 bits per heavy atom. The number of hydrogen-bond donors (Lipinski definition) is 2. The third kappa shape index (κ3) is 4.70. The van der Waals surface area contributed by atoms with Crippen LogP contribution >= 0.6 is 0 Å². The third-order valence-electron chi connectivity index (χ3n) is 6.56. The number of benzene rings is 1. The molecule has 0 saturated carbocycles. The maximum Gasteiger partial charge on any atom is 0.250 e. The third-order valence-corrected chi connectivity index (χ3v) is 10.9. The Labute approximate surface area is 160 Å². The summed E-state index contributed by atoms with van der Waals surface area (Å²) in [4.78, 5) is 0. The first kappa shape index (κ1) is 21.5. The lowest BCUT2D eigenvalue weighted by Gasteiger charge is -2.41. The molecule has 0 spiro atoms. The van der Waals surface area contributed by atoms with Crippen LogP contribution in [0.25, 0.3) is 0 Å². The second kappa shape index (κ2) is 8.45. The van der Waals surface area contributed by atoms with E-state index < -0.39 is 8.32 Å². The monoisotopic (exact) mass is 378 g/mol. The number of hydrogen-bond acceptors (Lipinski definition) is 3. The molecule has 0 aromatic heterocycles. The summed E-state index contributed by atoms with van der Waals surface area (Å²) < 4.78 is 6.52. The molecule has 4 heteroatoms. The molecule has 2 N–H and O–H groups in total. The topological polar surface area (TPSA) is 49.7 Å². The fourth-order valence-electron chi connectivity index (χ4n) is 4.04. The van der Waals surface area contributed by atoms with Gasteiger partial charge in [0.25, 0.3) is 0 Å². The van der Waals surface area contributed by atoms with Crippen LogP contribution in [0, 0.1) is 0 Å². The van der Waals surface area contributed by atoms with Gasteiger partial charge in [-0.2, -0.15) is 0 Å². The van der Waals surface area contributed by atoms with Crippen molar-refractivity contribution in [3.05, 3.63) is 29.3 Å². The summed E-state index contributed by atoms with van der Waals surface area (Å²) in [6.45, 7) is 11.9. The van der Waals surface area contributed by atoms with Crippen molar-refractivity contribution in [1.82, 2.24) is 0 Å². The van der Waals surface area contributed by atoms with Crippen molar-refractivity contribution in [2.75, 3.05) is 13.2 Å². The van der Waals surface area contributed by atoms with Crippen LogP contribution in [0.3, 0.4) is 0 Å². The van der Waals surface area contributed by atoms with Crippen LogP contribution in [0.2, 0.25) is 18.1 Å². The van der Waals surface area contributed by atoms with E-state index in [1.54, 1.807) is 0 Å². The van der Waals surface area contributed by atoms with E-state index in [9.17, 15) is 10.2 Å². The smallest absolute Gasteiger partial charge is 0.250 e. The SMILES string of the molecule is CC(C)(C)[Si](C)(C)Oc1ccc2c(c1)CCCC2(CCCO)CCCO. The number of aliphatic hydroxyl groups is 2. The zero-order chi connectivity index (χ0) is 19.4. The van der Waals surface area contributed by atoms with Gasteiger partial charge in [-0.15, -0.1) is 0 Å². The molecule has 1 aliphatic carbocycles. The molecular weight excluding hydrogens is 340 g/mol. The zero-order valence-electron chi connectivity index (χ0n) is 17.4. The number of aryl methyl sites for hydroxylation is 1. The molecule has 1 aromatic rings. The van der Waals surface area contributed by atoms with E-state index >= 15 is 0 Å². The van der Waals surface area contributed by atoms with Gasteiger partial charge in [0.1, 0.15) is 5.75 Å². The molecule has 148 valence electrons. The first-order chi connectivity index (χ1) is 12.1. The van der Waals surface area contributed by atoms with Crippen LogP contribution in [-0.4, -0.2) is 31.7 Å². The van der Waals surface area contributed by atoms with Gasteiger partial charge in [-0.25, -0.2) is 0 Å². The van der Waals surface area contributed by atoms with Crippen molar-refractivity contribution < 1.29 is 14.6 Å². The molecule has 26 heavy (non-hydrogen) atoms. The van der Waals surface area contributed by atoms with Crippen LogP contribution in [0.5, 0.6) is 5.75 Å². The van der Waals surface area contributed by atoms with Gasteiger partial charge in [0.2, 0.25) is 8.32 Å². The van der Waals surface area contributed by atoms with E-state index in [4.69, 9.17) is 4.43 Å². The molecule has 3 nitrogen and oxygen atoms in total. The molecule has 0 atom stereocenters. The first-order valence-electron chi connectivity index (χ1n) is 10.2. The van der Waals surface area contributed by atoms with Crippen LogP contribution in [-0.2, 0) is 11.8 Å². The summed E-state index contributed by atoms with van der Waals surface area (Å²) in [6.07, 6.45) is 7.08. The van der Waals surface area contributed by atoms with Crippen LogP contribution < -0.4 is 4.43 Å². The van der Waals surface area contributed by atoms with Gasteiger partial charge in [0.15, 0.2) is 0 Å². The standard InChI is InChI=1S/C22H38O3Si/c1-21(2,3)26(4,5)25-19-10-11-20-18(17-19)9-6-12-22(20,13-7-15-23)14-8-16-24/h10-11,17,23-24H,6-9,12-16H2,1-5H3. The maximum absolute atomic E-state index is 9.37. The average molecular weight is 379 g/mol. The highest BCUT2D eigenvalue weighted by Gasteiger charge is 2.40. The molecule has 0 amide bonds. The summed E-state index contributed by atoms with van der Waals surface area (Å²) in [5.74, 6) is 1.01. The summed E-state index contributed by atoms with van der Waals surface area (Å²) in [6, 6.07) is 6.69. The molecule has 0 fully saturated rings. The average Bonchev–Trinajstić information content (AvgIpc) is 2.57. The highest BCUT2D eigenvalue weighted by Crippen LogP contribution is 2.46. The molecular formula is C22H38O3Si. The fraction of sp³-hybridized carbons (Fsp3) is 0.727. The number of rotatable bonds is 8. The molecule has 0 heterocycles. The normalized spacial score (nSPS) is 17.0. The minimum absolute atomic E-state index is 0.106. The molecule has 1 aromatic carbocycles. The Kier molecular flexibility index (Phi) is 6.97. The number of fused-ring (bicyclic) bond motifs is 1. The summed E-state index contributed by atoms with van der Waals surface area (Å²) in [7, 11) is -1.83. The molecule has 0 aliphatic heterocycles. The molecule has 1 aliphatic rings. The summed E-state index contributed by atoms with van der Waals surface area (Å²) in [5.41, 5.74) is 2.94. The van der Waals surface area contributed by atoms with Gasteiger partial charge < -0.3 is 14.6 Å². The fourth-order valence-corrected chi connectivity index (χ4v) is 5.06. The predicted octanol–water partition coefficient (Wildman–Crippen LogP) is 5.19. The largest absolute Gasteiger partial charge is 0.543 e. The molecule has 0 unspecified atom stereocenters. The number of aliphatic hydroxyl groups excluding tert-OH is 2. The Bertz CT molecular complexity index is 582. The lowest BCUT2D eigenvalue weighted by atomic mass is 9.65. The second-order valence-corrected chi connectivity index (χ2v) is 14.2. The van der Waals surface area contributed by atoms with E-state index in [0.29, 0.717) is 0 Å². The van der Waals surface area contributed by atoms with Crippen LogP contribution in [0.15, 0.2) is 18.2 Å². The maximum atomic E-state index is 9.37. The Morgan fingerprint density at radius 1 is 1.08 bits per heavy atom. The van der Waals surface area contributed by atoms with Gasteiger partial charge in [-0.05, 0) is 91.8 Å². The molecule has 2 rings (SSSR count). The lowest BCUT2D eigenvalue weighted by Crippen LogP contribution is -2.44. The molecule has 0 bridgehead atoms. The molecule has 0 saturated heterocycles. The quantitative estimate of drug-likeness (QED) is 0.612. The summed E-state index contributed by atoms with van der Waals surface area (Å²) >= 11 is 0. The van der Waals surface area contributed by atoms with Crippen molar-refractivity contribution in [3.8, 4) is 5.75 Å². The Morgan fingerprint density at radius 3 is 2.23 bits per heavy atom. The summed E-state index contributed by atoms with van der Waals surface area (Å²) in [5, 5.41) is 18.9. The highest BCUT2D eigenvalue weighted by molar-refractivity contribution is 6.74. The van der Waals surface area contributed by atoms with Crippen LogP contribution in [0.4, 0.5) is 0 Å². The molecule has 0 radical (unpaired) electrons. The van der Waals surface area contributed by atoms with E-state index in [1.165, 1.54) is 17.5 Å². The minimum Gasteiger partial charge on any atom is -0.543 e. The van der Waals surface area contributed by atoms with E-state index in [2.05, 4.69) is 52.1 Å². The predicted molar refractivity (Wildman–Crippen MR) is 112 cm³/mol. The van der Waals surface area contributed by atoms with Crippen molar-refractivity contribution in [2.45, 2.75) is 89.3 Å². The highest BCUT2D eigenvalue weighted by atomic mass is 28.4. The van der Waals surface area contributed by atoms with Crippen molar-refractivity contribution in [3.63, 3.8) is 0 Å². The van der Waals surface area contributed by atoms with E-state index in [-0.39, 0.29) is 23.7 Å². The lowest BCUT2D eigenvalue weighted by molar-refractivity contribution is 0.215. The van der Waals surface area contributed by atoms with Crippen molar-refractivity contribution >= 4 is 8.32 Å². The van der Waals surface area contributed by atoms with E-state index in [1.807, 2.05) is 0 Å². The van der Waals surface area contributed by atoms with Gasteiger partial charge in [-0.3, -0.25) is 0 Å². The van der Waals surface area contributed by atoms with Gasteiger partial charge in [0.05, 0.1) is 0 Å². The van der Waals surface area contributed by atoms with Crippen molar-refractivity contribution in [1.29, 1.82) is 0 Å². The minimum atomic E-state index is -1.83.